The fourth-order valence-corrected chi connectivity index (χ4v) is 2.31. The van der Waals surface area contributed by atoms with Crippen LogP contribution in [0, 0.1) is 6.92 Å². The topological polar surface area (TPSA) is 47.5 Å². The first-order valence-corrected chi connectivity index (χ1v) is 7.20. The molecule has 0 aromatic carbocycles. The lowest BCUT2D eigenvalue weighted by Crippen LogP contribution is -2.29. The van der Waals surface area contributed by atoms with Crippen LogP contribution in [0.1, 0.15) is 19.5 Å². The van der Waals surface area contributed by atoms with Crippen LogP contribution in [-0.2, 0) is 4.74 Å². The van der Waals surface area contributed by atoms with Crippen molar-refractivity contribution < 1.29 is 9.47 Å². The molecule has 0 bridgehead atoms. The van der Waals surface area contributed by atoms with Crippen LogP contribution >= 0.6 is 15.9 Å². The van der Waals surface area contributed by atoms with E-state index in [1.165, 1.54) is 0 Å². The van der Waals surface area contributed by atoms with Crippen LogP contribution in [-0.4, -0.2) is 48.2 Å². The number of rotatable bonds is 7. The van der Waals surface area contributed by atoms with E-state index >= 15 is 0 Å². The molecule has 6 heteroatoms. The molecule has 1 aromatic heterocycles. The number of alkyl halides is 1. The first kappa shape index (κ1) is 16.2. The van der Waals surface area contributed by atoms with Crippen LogP contribution in [0.2, 0.25) is 0 Å². The zero-order chi connectivity index (χ0) is 14.4. The van der Waals surface area contributed by atoms with Crippen molar-refractivity contribution in [1.29, 1.82) is 0 Å². The van der Waals surface area contributed by atoms with Crippen molar-refractivity contribution in [3.63, 3.8) is 0 Å². The standard InChI is InChI=1S/C13H22BrN3O2/c1-9(2)19-12-6-10(3)15-13(16-12)17(4)7-11(14)8-18-5/h6,9,11H,7-8H2,1-5H3. The predicted molar refractivity (Wildman–Crippen MR) is 80.4 cm³/mol. The lowest BCUT2D eigenvalue weighted by molar-refractivity contribution is 0.201. The lowest BCUT2D eigenvalue weighted by atomic mass is 10.4. The van der Waals surface area contributed by atoms with Gasteiger partial charge in [-0.15, -0.1) is 0 Å². The summed E-state index contributed by atoms with van der Waals surface area (Å²) < 4.78 is 10.7. The fourth-order valence-electron chi connectivity index (χ4n) is 1.61. The Morgan fingerprint density at radius 2 is 2.05 bits per heavy atom. The monoisotopic (exact) mass is 331 g/mol. The summed E-state index contributed by atoms with van der Waals surface area (Å²) in [6, 6.07) is 1.85. The maximum absolute atomic E-state index is 5.62. The van der Waals surface area contributed by atoms with Gasteiger partial charge in [-0.2, -0.15) is 4.98 Å². The van der Waals surface area contributed by atoms with Crippen LogP contribution in [0.25, 0.3) is 0 Å². The average molecular weight is 332 g/mol. The van der Waals surface area contributed by atoms with Gasteiger partial charge < -0.3 is 14.4 Å². The highest BCUT2D eigenvalue weighted by Gasteiger charge is 2.13. The number of methoxy groups -OCH3 is 1. The zero-order valence-corrected chi connectivity index (χ0v) is 13.8. The molecule has 0 fully saturated rings. The van der Waals surface area contributed by atoms with Crippen molar-refractivity contribution in [3.05, 3.63) is 11.8 Å². The normalized spacial score (nSPS) is 12.6. The SMILES string of the molecule is COCC(Br)CN(C)c1nc(C)cc(OC(C)C)n1. The Bertz CT molecular complexity index is 401. The van der Waals surface area contributed by atoms with Crippen LogP contribution < -0.4 is 9.64 Å². The van der Waals surface area contributed by atoms with Crippen molar-refractivity contribution >= 4 is 21.9 Å². The molecule has 0 aliphatic heterocycles. The maximum Gasteiger partial charge on any atom is 0.228 e. The molecule has 0 aliphatic rings. The van der Waals surface area contributed by atoms with Gasteiger partial charge in [0.05, 0.1) is 17.5 Å². The Labute approximate surface area is 123 Å². The fraction of sp³-hybridized carbons (Fsp3) is 0.692. The van der Waals surface area contributed by atoms with Crippen molar-refractivity contribution in [2.75, 3.05) is 32.2 Å². The summed E-state index contributed by atoms with van der Waals surface area (Å²) in [5.41, 5.74) is 0.894. The van der Waals surface area contributed by atoms with Gasteiger partial charge >= 0.3 is 0 Å². The van der Waals surface area contributed by atoms with Crippen molar-refractivity contribution in [2.24, 2.45) is 0 Å². The smallest absolute Gasteiger partial charge is 0.228 e. The van der Waals surface area contributed by atoms with Crippen LogP contribution in [0.15, 0.2) is 6.07 Å². The highest BCUT2D eigenvalue weighted by molar-refractivity contribution is 9.09. The molecular weight excluding hydrogens is 310 g/mol. The molecule has 0 N–H and O–H groups in total. The third kappa shape index (κ3) is 5.74. The van der Waals surface area contributed by atoms with Gasteiger partial charge in [-0.25, -0.2) is 4.98 Å². The third-order valence-corrected chi connectivity index (χ3v) is 2.89. The van der Waals surface area contributed by atoms with Gasteiger partial charge in [0.1, 0.15) is 0 Å². The molecule has 108 valence electrons. The number of nitrogens with zero attached hydrogens (tertiary/aromatic N) is 3. The van der Waals surface area contributed by atoms with Gasteiger partial charge in [0, 0.05) is 32.5 Å². The number of aromatic nitrogens is 2. The van der Waals surface area contributed by atoms with E-state index in [9.17, 15) is 0 Å². The minimum absolute atomic E-state index is 0.102. The van der Waals surface area contributed by atoms with E-state index in [0.717, 1.165) is 12.2 Å². The largest absolute Gasteiger partial charge is 0.475 e. The molecular formula is C13H22BrN3O2. The second kappa shape index (κ2) is 7.65. The Morgan fingerprint density at radius 3 is 2.63 bits per heavy atom. The van der Waals surface area contributed by atoms with E-state index in [1.807, 2.05) is 38.8 Å². The number of anilines is 1. The summed E-state index contributed by atoms with van der Waals surface area (Å²) in [6.07, 6.45) is 0.102. The van der Waals surface area contributed by atoms with E-state index in [0.29, 0.717) is 18.4 Å². The van der Waals surface area contributed by atoms with Gasteiger partial charge in [0.2, 0.25) is 11.8 Å². The summed E-state index contributed by atoms with van der Waals surface area (Å²) in [7, 11) is 3.64. The van der Waals surface area contributed by atoms with E-state index < -0.39 is 0 Å². The van der Waals surface area contributed by atoms with Crippen molar-refractivity contribution in [3.8, 4) is 5.88 Å². The number of hydrogen-bond acceptors (Lipinski definition) is 5. The molecule has 0 radical (unpaired) electrons. The molecule has 1 heterocycles. The van der Waals surface area contributed by atoms with Crippen LogP contribution in [0.5, 0.6) is 5.88 Å². The maximum atomic E-state index is 5.62. The average Bonchev–Trinajstić information content (AvgIpc) is 2.27. The number of halogens is 1. The molecule has 0 amide bonds. The Hall–Kier alpha value is -0.880. The minimum atomic E-state index is 0.102. The van der Waals surface area contributed by atoms with Crippen LogP contribution in [0.3, 0.4) is 0 Å². The molecule has 1 unspecified atom stereocenters. The molecule has 5 nitrogen and oxygen atoms in total. The number of hydrogen-bond donors (Lipinski definition) is 0. The zero-order valence-electron chi connectivity index (χ0n) is 12.2. The minimum Gasteiger partial charge on any atom is -0.475 e. The van der Waals surface area contributed by atoms with Gasteiger partial charge in [-0.3, -0.25) is 0 Å². The van der Waals surface area contributed by atoms with Gasteiger partial charge in [-0.1, -0.05) is 15.9 Å². The summed E-state index contributed by atoms with van der Waals surface area (Å²) in [5.74, 6) is 1.28. The molecule has 0 saturated heterocycles. The molecule has 1 atom stereocenters. The lowest BCUT2D eigenvalue weighted by Gasteiger charge is -2.21. The van der Waals surface area contributed by atoms with Crippen LogP contribution in [0.4, 0.5) is 5.95 Å². The Morgan fingerprint density at radius 1 is 1.37 bits per heavy atom. The highest BCUT2D eigenvalue weighted by atomic mass is 79.9. The summed E-state index contributed by atoms with van der Waals surface area (Å²) in [5, 5.41) is 0. The van der Waals surface area contributed by atoms with E-state index in [-0.39, 0.29) is 10.9 Å². The predicted octanol–water partition coefficient (Wildman–Crippen LogP) is 2.42. The van der Waals surface area contributed by atoms with E-state index in [2.05, 4.69) is 25.9 Å². The van der Waals surface area contributed by atoms with E-state index in [1.54, 1.807) is 7.11 Å². The number of aryl methyl sites for hydroxylation is 1. The van der Waals surface area contributed by atoms with Gasteiger partial charge in [0.25, 0.3) is 0 Å². The summed E-state index contributed by atoms with van der Waals surface area (Å²) in [6.45, 7) is 7.30. The Kier molecular flexibility index (Phi) is 6.51. The molecule has 1 rings (SSSR count). The second-order valence-electron chi connectivity index (χ2n) is 4.75. The van der Waals surface area contributed by atoms with Gasteiger partial charge in [-0.05, 0) is 20.8 Å². The van der Waals surface area contributed by atoms with Crippen molar-refractivity contribution in [2.45, 2.75) is 31.7 Å². The Balaban J connectivity index is 2.78. The number of ether oxygens (including phenoxy) is 2. The van der Waals surface area contributed by atoms with E-state index in [4.69, 9.17) is 9.47 Å². The highest BCUT2D eigenvalue weighted by Crippen LogP contribution is 2.16. The second-order valence-corrected chi connectivity index (χ2v) is 6.04. The quantitative estimate of drug-likeness (QED) is 0.718. The first-order valence-electron chi connectivity index (χ1n) is 6.28. The first-order chi connectivity index (χ1) is 8.92. The molecule has 0 aliphatic carbocycles. The molecule has 0 saturated carbocycles. The molecule has 0 spiro atoms. The third-order valence-electron chi connectivity index (χ3n) is 2.34. The molecule has 19 heavy (non-hydrogen) atoms. The van der Waals surface area contributed by atoms with Crippen molar-refractivity contribution in [1.82, 2.24) is 9.97 Å². The van der Waals surface area contributed by atoms with Gasteiger partial charge in [0.15, 0.2) is 0 Å². The summed E-state index contributed by atoms with van der Waals surface area (Å²) >= 11 is 3.56. The summed E-state index contributed by atoms with van der Waals surface area (Å²) in [4.78, 5) is 11.1. The molecule has 1 aromatic rings.